The Kier molecular flexibility index (Phi) is 4.11. The van der Waals surface area contributed by atoms with Gasteiger partial charge in [-0.1, -0.05) is 0 Å². The Morgan fingerprint density at radius 3 is 2.85 bits per heavy atom. The second kappa shape index (κ2) is 5.85. The lowest BCUT2D eigenvalue weighted by Gasteiger charge is -2.16. The summed E-state index contributed by atoms with van der Waals surface area (Å²) in [6.45, 7) is 3.38. The van der Waals surface area contributed by atoms with Crippen LogP contribution in [0, 0.1) is 19.6 Å². The minimum Gasteiger partial charge on any atom is -0.384 e. The predicted molar refractivity (Wildman–Crippen MR) is 87.0 cm³/mol. The highest BCUT2D eigenvalue weighted by Crippen LogP contribution is 2.32. The minimum atomic E-state index is -0.351. The SMILES string of the molecule is O=[N+]([O-])c1ccc(NCC2CCN(C3CC3)C2)c(I)c1. The van der Waals surface area contributed by atoms with E-state index < -0.39 is 0 Å². The first-order chi connectivity index (χ1) is 9.63. The van der Waals surface area contributed by atoms with Crippen molar-refractivity contribution in [2.45, 2.75) is 25.3 Å². The summed E-state index contributed by atoms with van der Waals surface area (Å²) in [6.07, 6.45) is 4.01. The topological polar surface area (TPSA) is 58.4 Å². The molecule has 0 spiro atoms. The molecule has 20 heavy (non-hydrogen) atoms. The first-order valence-electron chi connectivity index (χ1n) is 7.05. The smallest absolute Gasteiger partial charge is 0.270 e. The van der Waals surface area contributed by atoms with Crippen LogP contribution in [0.4, 0.5) is 11.4 Å². The molecule has 1 saturated heterocycles. The monoisotopic (exact) mass is 387 g/mol. The van der Waals surface area contributed by atoms with Gasteiger partial charge >= 0.3 is 0 Å². The standard InChI is InChI=1S/C14H18IN3O2/c15-13-7-12(18(19)20)3-4-14(13)16-8-10-5-6-17(9-10)11-1-2-11/h3-4,7,10-11,16H,1-2,5-6,8-9H2. The van der Waals surface area contributed by atoms with Crippen molar-refractivity contribution in [1.82, 2.24) is 4.90 Å². The summed E-state index contributed by atoms with van der Waals surface area (Å²) in [5, 5.41) is 14.2. The molecule has 0 aromatic heterocycles. The van der Waals surface area contributed by atoms with Gasteiger partial charge in [0.25, 0.3) is 5.69 Å². The van der Waals surface area contributed by atoms with Crippen molar-refractivity contribution in [3.63, 3.8) is 0 Å². The minimum absolute atomic E-state index is 0.153. The Morgan fingerprint density at radius 1 is 1.40 bits per heavy atom. The van der Waals surface area contributed by atoms with Crippen LogP contribution in [0.3, 0.4) is 0 Å². The zero-order valence-electron chi connectivity index (χ0n) is 11.2. The first kappa shape index (κ1) is 14.1. The third kappa shape index (κ3) is 3.22. The Bertz CT molecular complexity index is 519. The number of nitro groups is 1. The van der Waals surface area contributed by atoms with E-state index in [1.807, 2.05) is 6.07 Å². The number of benzene rings is 1. The second-order valence-electron chi connectivity index (χ2n) is 5.68. The third-order valence-electron chi connectivity index (χ3n) is 4.13. The summed E-state index contributed by atoms with van der Waals surface area (Å²) < 4.78 is 0.911. The van der Waals surface area contributed by atoms with E-state index in [2.05, 4.69) is 32.8 Å². The number of rotatable bonds is 5. The van der Waals surface area contributed by atoms with Gasteiger partial charge in [0.05, 0.1) is 4.92 Å². The molecule has 2 fully saturated rings. The maximum atomic E-state index is 10.7. The maximum absolute atomic E-state index is 10.7. The summed E-state index contributed by atoms with van der Waals surface area (Å²) in [7, 11) is 0. The van der Waals surface area contributed by atoms with Crippen LogP contribution < -0.4 is 5.32 Å². The Labute approximate surface area is 132 Å². The lowest BCUT2D eigenvalue weighted by molar-refractivity contribution is -0.384. The summed E-state index contributed by atoms with van der Waals surface area (Å²) >= 11 is 2.15. The number of nitrogens with zero attached hydrogens (tertiary/aromatic N) is 2. The number of halogens is 1. The van der Waals surface area contributed by atoms with Crippen LogP contribution in [-0.2, 0) is 0 Å². The van der Waals surface area contributed by atoms with E-state index in [0.29, 0.717) is 5.92 Å². The number of non-ortho nitro benzene ring substituents is 1. The van der Waals surface area contributed by atoms with Gasteiger partial charge in [-0.25, -0.2) is 0 Å². The van der Waals surface area contributed by atoms with E-state index in [4.69, 9.17) is 0 Å². The van der Waals surface area contributed by atoms with Gasteiger partial charge in [-0.2, -0.15) is 0 Å². The maximum Gasteiger partial charge on any atom is 0.270 e. The lowest BCUT2D eigenvalue weighted by Crippen LogP contribution is -2.24. The van der Waals surface area contributed by atoms with E-state index >= 15 is 0 Å². The zero-order chi connectivity index (χ0) is 14.1. The van der Waals surface area contributed by atoms with E-state index in [1.165, 1.54) is 32.4 Å². The van der Waals surface area contributed by atoms with E-state index in [9.17, 15) is 10.1 Å². The van der Waals surface area contributed by atoms with Crippen LogP contribution in [0.1, 0.15) is 19.3 Å². The van der Waals surface area contributed by atoms with Crippen LogP contribution in [-0.4, -0.2) is 35.5 Å². The molecule has 3 rings (SSSR count). The van der Waals surface area contributed by atoms with Crippen molar-refractivity contribution in [2.24, 2.45) is 5.92 Å². The lowest BCUT2D eigenvalue weighted by atomic mass is 10.1. The van der Waals surface area contributed by atoms with E-state index in [-0.39, 0.29) is 10.6 Å². The van der Waals surface area contributed by atoms with Crippen LogP contribution in [0.25, 0.3) is 0 Å². The fraction of sp³-hybridized carbons (Fsp3) is 0.571. The van der Waals surface area contributed by atoms with E-state index in [0.717, 1.165) is 21.8 Å². The Balaban J connectivity index is 1.54. The second-order valence-corrected chi connectivity index (χ2v) is 6.85. The van der Waals surface area contributed by atoms with E-state index in [1.54, 1.807) is 12.1 Å². The Morgan fingerprint density at radius 2 is 2.20 bits per heavy atom. The van der Waals surface area contributed by atoms with Crippen molar-refractivity contribution < 1.29 is 4.92 Å². The molecule has 6 heteroatoms. The highest BCUT2D eigenvalue weighted by atomic mass is 127. The molecule has 0 radical (unpaired) electrons. The van der Waals surface area contributed by atoms with Gasteiger partial charge in [-0.15, -0.1) is 0 Å². The molecule has 5 nitrogen and oxygen atoms in total. The molecule has 1 aliphatic heterocycles. The molecular formula is C14H18IN3O2. The number of anilines is 1. The van der Waals surface area contributed by atoms with Crippen LogP contribution in [0.2, 0.25) is 0 Å². The molecule has 2 aliphatic rings. The number of hydrogen-bond acceptors (Lipinski definition) is 4. The van der Waals surface area contributed by atoms with Crippen molar-refractivity contribution >= 4 is 34.0 Å². The Hall–Kier alpha value is -0.890. The molecule has 1 heterocycles. The molecular weight excluding hydrogens is 369 g/mol. The van der Waals surface area contributed by atoms with Crippen molar-refractivity contribution in [3.05, 3.63) is 31.9 Å². The fourth-order valence-corrected chi connectivity index (χ4v) is 3.51. The van der Waals surface area contributed by atoms with Gasteiger partial charge in [0.1, 0.15) is 0 Å². The largest absolute Gasteiger partial charge is 0.384 e. The quantitative estimate of drug-likeness (QED) is 0.479. The first-order valence-corrected chi connectivity index (χ1v) is 8.13. The molecule has 1 saturated carbocycles. The normalized spacial score (nSPS) is 22.9. The highest BCUT2D eigenvalue weighted by molar-refractivity contribution is 14.1. The molecule has 1 aromatic rings. The van der Waals surface area contributed by atoms with Crippen molar-refractivity contribution in [3.8, 4) is 0 Å². The fourth-order valence-electron chi connectivity index (χ4n) is 2.82. The molecule has 1 aromatic carbocycles. The number of likely N-dealkylation sites (tertiary alicyclic amines) is 1. The number of nitro benzene ring substituents is 1. The predicted octanol–water partition coefficient (Wildman–Crippen LogP) is 3.10. The molecule has 1 N–H and O–H groups in total. The summed E-state index contributed by atoms with van der Waals surface area (Å²) in [4.78, 5) is 13.0. The average Bonchev–Trinajstić information content (AvgIpc) is 3.17. The zero-order valence-corrected chi connectivity index (χ0v) is 13.4. The van der Waals surface area contributed by atoms with Gasteiger partial charge in [-0.05, 0) is 60.4 Å². The summed E-state index contributed by atoms with van der Waals surface area (Å²) in [6, 6.07) is 5.86. The van der Waals surface area contributed by atoms with Crippen LogP contribution in [0.15, 0.2) is 18.2 Å². The van der Waals surface area contributed by atoms with Gasteiger partial charge in [0.15, 0.2) is 0 Å². The van der Waals surface area contributed by atoms with Gasteiger partial charge < -0.3 is 10.2 Å². The number of hydrogen-bond donors (Lipinski definition) is 1. The molecule has 1 aliphatic carbocycles. The molecule has 0 amide bonds. The van der Waals surface area contributed by atoms with Crippen molar-refractivity contribution in [1.29, 1.82) is 0 Å². The summed E-state index contributed by atoms with van der Waals surface area (Å²) in [5.74, 6) is 0.696. The molecule has 1 atom stereocenters. The molecule has 1 unspecified atom stereocenters. The van der Waals surface area contributed by atoms with Crippen LogP contribution >= 0.6 is 22.6 Å². The van der Waals surface area contributed by atoms with Crippen molar-refractivity contribution in [2.75, 3.05) is 25.0 Å². The number of nitrogens with one attached hydrogen (secondary N) is 1. The highest BCUT2D eigenvalue weighted by Gasteiger charge is 2.34. The van der Waals surface area contributed by atoms with Gasteiger partial charge in [0.2, 0.25) is 0 Å². The third-order valence-corrected chi connectivity index (χ3v) is 5.02. The summed E-state index contributed by atoms with van der Waals surface area (Å²) in [5.41, 5.74) is 1.15. The van der Waals surface area contributed by atoms with Gasteiger partial charge in [-0.3, -0.25) is 10.1 Å². The molecule has 108 valence electrons. The van der Waals surface area contributed by atoms with Crippen LogP contribution in [0.5, 0.6) is 0 Å². The van der Waals surface area contributed by atoms with Gasteiger partial charge in [0, 0.05) is 40.5 Å². The molecule has 0 bridgehead atoms. The average molecular weight is 387 g/mol.